The normalized spacial score (nSPS) is 26.9. The first kappa shape index (κ1) is 16.0. The van der Waals surface area contributed by atoms with Crippen molar-refractivity contribution in [1.82, 2.24) is 4.90 Å². The van der Waals surface area contributed by atoms with E-state index in [0.29, 0.717) is 6.54 Å². The summed E-state index contributed by atoms with van der Waals surface area (Å²) in [5, 5.41) is 12.6. The number of nitrogens with zero attached hydrogens (tertiary/aromatic N) is 1. The zero-order chi connectivity index (χ0) is 16.4. The Bertz CT molecular complexity index is 616. The first-order valence-electron chi connectivity index (χ1n) is 8.38. The maximum atomic E-state index is 12.3. The fourth-order valence-electron chi connectivity index (χ4n) is 4.21. The second-order valence-electron chi connectivity index (χ2n) is 6.78. The summed E-state index contributed by atoms with van der Waals surface area (Å²) in [6.45, 7) is 3.54. The summed E-state index contributed by atoms with van der Waals surface area (Å²) in [7, 11) is 0. The molecule has 0 bridgehead atoms. The third-order valence-corrected chi connectivity index (χ3v) is 5.41. The highest BCUT2D eigenvalue weighted by molar-refractivity contribution is 5.93. The average Bonchev–Trinajstić information content (AvgIpc) is 3.05. The zero-order valence-electron chi connectivity index (χ0n) is 13.5. The summed E-state index contributed by atoms with van der Waals surface area (Å²) < 4.78 is 0. The van der Waals surface area contributed by atoms with Crippen molar-refractivity contribution >= 4 is 17.6 Å². The summed E-state index contributed by atoms with van der Waals surface area (Å²) in [6.07, 6.45) is 3.55. The molecule has 1 heterocycles. The number of hydrogen-bond acceptors (Lipinski definition) is 3. The van der Waals surface area contributed by atoms with Crippen molar-refractivity contribution in [3.05, 3.63) is 29.8 Å². The minimum Gasteiger partial charge on any atom is -0.481 e. The Balaban J connectivity index is 1.62. The van der Waals surface area contributed by atoms with Gasteiger partial charge >= 0.3 is 5.97 Å². The number of carbonyl (C=O) groups excluding carboxylic acids is 1. The summed E-state index contributed by atoms with van der Waals surface area (Å²) in [6, 6.07) is 7.80. The smallest absolute Gasteiger partial charge is 0.311 e. The van der Waals surface area contributed by atoms with Crippen LogP contribution in [0.3, 0.4) is 0 Å². The molecule has 1 aromatic rings. The summed E-state index contributed by atoms with van der Waals surface area (Å²) in [5.41, 5.74) is 1.34. The number of carbonyl (C=O) groups is 2. The molecule has 1 aromatic carbocycles. The summed E-state index contributed by atoms with van der Waals surface area (Å²) in [4.78, 5) is 26.0. The van der Waals surface area contributed by atoms with Gasteiger partial charge in [-0.25, -0.2) is 0 Å². The number of benzene rings is 1. The van der Waals surface area contributed by atoms with Gasteiger partial charge in [-0.1, -0.05) is 31.5 Å². The monoisotopic (exact) mass is 316 g/mol. The molecule has 1 saturated carbocycles. The lowest BCUT2D eigenvalue weighted by Gasteiger charge is -2.23. The molecular formula is C18H24N2O3. The van der Waals surface area contributed by atoms with E-state index in [1.807, 2.05) is 29.2 Å². The van der Waals surface area contributed by atoms with Gasteiger partial charge in [0.05, 0.1) is 12.0 Å². The van der Waals surface area contributed by atoms with Gasteiger partial charge in [-0.3, -0.25) is 14.5 Å². The molecule has 2 fully saturated rings. The van der Waals surface area contributed by atoms with Crippen LogP contribution in [0, 0.1) is 11.3 Å². The van der Waals surface area contributed by atoms with E-state index >= 15 is 0 Å². The topological polar surface area (TPSA) is 69.6 Å². The lowest BCUT2D eigenvalue weighted by Crippen LogP contribution is -2.37. The number of para-hydroxylation sites is 1. The van der Waals surface area contributed by atoms with Crippen molar-refractivity contribution in [3.63, 3.8) is 0 Å². The maximum absolute atomic E-state index is 12.3. The SMILES string of the molecule is CCc1ccccc1NC(=O)CN1C[C@@H]2CCC[C@@]2(C(=O)O)C1. The Kier molecular flexibility index (Phi) is 4.39. The summed E-state index contributed by atoms with van der Waals surface area (Å²) >= 11 is 0. The van der Waals surface area contributed by atoms with Gasteiger partial charge in [0.1, 0.15) is 0 Å². The first-order chi connectivity index (χ1) is 11.0. The molecule has 2 N–H and O–H groups in total. The van der Waals surface area contributed by atoms with Crippen LogP contribution in [0.4, 0.5) is 5.69 Å². The largest absolute Gasteiger partial charge is 0.481 e. The molecule has 0 unspecified atom stereocenters. The number of likely N-dealkylation sites (tertiary alicyclic amines) is 1. The fourth-order valence-corrected chi connectivity index (χ4v) is 4.21. The summed E-state index contributed by atoms with van der Waals surface area (Å²) in [5.74, 6) is -0.568. The van der Waals surface area contributed by atoms with Gasteiger partial charge in [0, 0.05) is 18.8 Å². The van der Waals surface area contributed by atoms with Gasteiger partial charge < -0.3 is 10.4 Å². The highest BCUT2D eigenvalue weighted by Crippen LogP contribution is 2.48. The van der Waals surface area contributed by atoms with Crippen LogP contribution >= 0.6 is 0 Å². The van der Waals surface area contributed by atoms with Gasteiger partial charge in [-0.15, -0.1) is 0 Å². The lowest BCUT2D eigenvalue weighted by molar-refractivity contribution is -0.149. The van der Waals surface area contributed by atoms with Gasteiger partial charge in [0.15, 0.2) is 0 Å². The van der Waals surface area contributed by atoms with Crippen molar-refractivity contribution in [2.24, 2.45) is 11.3 Å². The number of aryl methyl sites for hydroxylation is 1. The van der Waals surface area contributed by atoms with E-state index < -0.39 is 11.4 Å². The van der Waals surface area contributed by atoms with Crippen LogP contribution < -0.4 is 5.32 Å². The Morgan fingerprint density at radius 1 is 1.39 bits per heavy atom. The first-order valence-corrected chi connectivity index (χ1v) is 8.38. The molecule has 2 aliphatic rings. The molecule has 124 valence electrons. The second kappa shape index (κ2) is 6.32. The van der Waals surface area contributed by atoms with Crippen molar-refractivity contribution < 1.29 is 14.7 Å². The molecule has 2 atom stereocenters. The number of amides is 1. The van der Waals surface area contributed by atoms with Crippen molar-refractivity contribution in [3.8, 4) is 0 Å². The van der Waals surface area contributed by atoms with Crippen LogP contribution in [-0.2, 0) is 16.0 Å². The van der Waals surface area contributed by atoms with Gasteiger partial charge in [0.2, 0.25) is 5.91 Å². The van der Waals surface area contributed by atoms with E-state index in [-0.39, 0.29) is 18.4 Å². The number of nitrogens with one attached hydrogen (secondary N) is 1. The molecule has 1 aliphatic heterocycles. The van der Waals surface area contributed by atoms with E-state index in [1.54, 1.807) is 0 Å². The Morgan fingerprint density at radius 3 is 2.87 bits per heavy atom. The van der Waals surface area contributed by atoms with Crippen molar-refractivity contribution in [1.29, 1.82) is 0 Å². The van der Waals surface area contributed by atoms with Gasteiger partial charge in [-0.05, 0) is 36.8 Å². The highest BCUT2D eigenvalue weighted by Gasteiger charge is 2.54. The minimum atomic E-state index is -0.695. The lowest BCUT2D eigenvalue weighted by atomic mass is 9.81. The molecule has 1 amide bonds. The molecule has 0 radical (unpaired) electrons. The van der Waals surface area contributed by atoms with E-state index in [0.717, 1.165) is 43.5 Å². The number of anilines is 1. The number of hydrogen-bond donors (Lipinski definition) is 2. The van der Waals surface area contributed by atoms with Crippen LogP contribution in [-0.4, -0.2) is 41.5 Å². The zero-order valence-corrected chi connectivity index (χ0v) is 13.5. The Hall–Kier alpha value is -1.88. The van der Waals surface area contributed by atoms with Crippen molar-refractivity contribution in [2.45, 2.75) is 32.6 Å². The number of aliphatic carboxylic acids is 1. The number of carboxylic acids is 1. The molecule has 1 saturated heterocycles. The van der Waals surface area contributed by atoms with Crippen LogP contribution in [0.25, 0.3) is 0 Å². The van der Waals surface area contributed by atoms with Crippen molar-refractivity contribution in [2.75, 3.05) is 25.0 Å². The minimum absolute atomic E-state index is 0.0635. The number of fused-ring (bicyclic) bond motifs is 1. The number of rotatable bonds is 5. The Labute approximate surface area is 136 Å². The molecule has 3 rings (SSSR count). The second-order valence-corrected chi connectivity index (χ2v) is 6.78. The quantitative estimate of drug-likeness (QED) is 0.875. The maximum Gasteiger partial charge on any atom is 0.311 e. The average molecular weight is 316 g/mol. The molecular weight excluding hydrogens is 292 g/mol. The van der Waals surface area contributed by atoms with Crippen LogP contribution in [0.5, 0.6) is 0 Å². The molecule has 0 aromatic heterocycles. The highest BCUT2D eigenvalue weighted by atomic mass is 16.4. The predicted octanol–water partition coefficient (Wildman–Crippen LogP) is 2.37. The van der Waals surface area contributed by atoms with Gasteiger partial charge in [-0.2, -0.15) is 0 Å². The van der Waals surface area contributed by atoms with E-state index in [4.69, 9.17) is 0 Å². The standard InChI is InChI=1S/C18H24N2O3/c1-2-13-6-3-4-8-15(13)19-16(21)11-20-10-14-7-5-9-18(14,12-20)17(22)23/h3-4,6,8,14H,2,5,7,9-12H2,1H3,(H,19,21)(H,22,23)/t14-,18+/m0/s1. The van der Waals surface area contributed by atoms with E-state index in [9.17, 15) is 14.7 Å². The molecule has 5 heteroatoms. The number of carboxylic acid groups (broad SMARTS) is 1. The molecule has 1 aliphatic carbocycles. The van der Waals surface area contributed by atoms with Crippen LogP contribution in [0.2, 0.25) is 0 Å². The third-order valence-electron chi connectivity index (χ3n) is 5.41. The molecule has 23 heavy (non-hydrogen) atoms. The van der Waals surface area contributed by atoms with E-state index in [2.05, 4.69) is 12.2 Å². The molecule has 0 spiro atoms. The fraction of sp³-hybridized carbons (Fsp3) is 0.556. The van der Waals surface area contributed by atoms with Crippen LogP contribution in [0.15, 0.2) is 24.3 Å². The molecule has 5 nitrogen and oxygen atoms in total. The predicted molar refractivity (Wildman–Crippen MR) is 88.3 cm³/mol. The van der Waals surface area contributed by atoms with Crippen LogP contribution in [0.1, 0.15) is 31.7 Å². The Morgan fingerprint density at radius 2 is 2.17 bits per heavy atom. The van der Waals surface area contributed by atoms with Gasteiger partial charge in [0.25, 0.3) is 0 Å². The van der Waals surface area contributed by atoms with E-state index in [1.165, 1.54) is 0 Å². The third kappa shape index (κ3) is 2.98.